The maximum Gasteiger partial charge on any atom is 0.133 e. The zero-order valence-corrected chi connectivity index (χ0v) is 12.8. The maximum atomic E-state index is 5.26. The summed E-state index contributed by atoms with van der Waals surface area (Å²) in [6.45, 7) is 2.16. The smallest absolute Gasteiger partial charge is 0.133 e. The van der Waals surface area contributed by atoms with E-state index in [1.165, 1.54) is 5.56 Å². The summed E-state index contributed by atoms with van der Waals surface area (Å²) in [4.78, 5) is 9.83. The molecule has 1 aromatic heterocycles. The zero-order chi connectivity index (χ0) is 14.4. The van der Waals surface area contributed by atoms with Crippen LogP contribution in [-0.4, -0.2) is 24.1 Å². The monoisotopic (exact) mass is 289 g/mol. The first-order valence-corrected chi connectivity index (χ1v) is 7.43. The van der Waals surface area contributed by atoms with E-state index < -0.39 is 0 Å². The van der Waals surface area contributed by atoms with Crippen LogP contribution in [0.15, 0.2) is 40.5 Å². The first-order valence-electron chi connectivity index (χ1n) is 6.62. The fourth-order valence-electron chi connectivity index (χ4n) is 1.95. The van der Waals surface area contributed by atoms with Crippen LogP contribution in [0.25, 0.3) is 0 Å². The summed E-state index contributed by atoms with van der Waals surface area (Å²) in [5, 5.41) is 4.14. The predicted molar refractivity (Wildman–Crippen MR) is 82.7 cm³/mol. The Hall–Kier alpha value is -1.75. The largest absolute Gasteiger partial charge is 0.497 e. The van der Waals surface area contributed by atoms with Gasteiger partial charge in [0.25, 0.3) is 0 Å². The van der Waals surface area contributed by atoms with Crippen molar-refractivity contribution in [2.75, 3.05) is 19.5 Å². The van der Waals surface area contributed by atoms with Crippen LogP contribution >= 0.6 is 11.8 Å². The topological polar surface area (TPSA) is 47.0 Å². The third-order valence-corrected chi connectivity index (χ3v) is 3.93. The number of nitrogens with zero attached hydrogens (tertiary/aromatic N) is 2. The van der Waals surface area contributed by atoms with Gasteiger partial charge in [-0.1, -0.05) is 31.2 Å². The van der Waals surface area contributed by atoms with Crippen molar-refractivity contribution in [2.45, 2.75) is 29.7 Å². The Morgan fingerprint density at radius 3 is 2.85 bits per heavy atom. The van der Waals surface area contributed by atoms with Gasteiger partial charge in [-0.05, 0) is 24.6 Å². The molecule has 1 aromatic carbocycles. The Labute approximate surface area is 124 Å². The van der Waals surface area contributed by atoms with Crippen molar-refractivity contribution in [1.29, 1.82) is 0 Å². The highest BCUT2D eigenvalue weighted by Crippen LogP contribution is 2.33. The quantitative estimate of drug-likeness (QED) is 0.823. The van der Waals surface area contributed by atoms with Gasteiger partial charge in [0, 0.05) is 17.5 Å². The Bertz CT molecular complexity index is 575. The third kappa shape index (κ3) is 3.42. The van der Waals surface area contributed by atoms with Gasteiger partial charge in [0.15, 0.2) is 0 Å². The highest BCUT2D eigenvalue weighted by Gasteiger charge is 2.11. The normalized spacial score (nSPS) is 10.3. The molecule has 4 nitrogen and oxygen atoms in total. The summed E-state index contributed by atoms with van der Waals surface area (Å²) < 4.78 is 5.26. The van der Waals surface area contributed by atoms with E-state index in [0.29, 0.717) is 0 Å². The van der Waals surface area contributed by atoms with Crippen molar-refractivity contribution in [3.63, 3.8) is 0 Å². The van der Waals surface area contributed by atoms with Crippen LogP contribution in [0.4, 0.5) is 5.82 Å². The number of ether oxygens (including phenoxy) is 1. The van der Waals surface area contributed by atoms with Crippen molar-refractivity contribution in [2.24, 2.45) is 0 Å². The van der Waals surface area contributed by atoms with Crippen molar-refractivity contribution >= 4 is 17.6 Å². The highest BCUT2D eigenvalue weighted by molar-refractivity contribution is 7.99. The van der Waals surface area contributed by atoms with Gasteiger partial charge in [-0.15, -0.1) is 0 Å². The first kappa shape index (κ1) is 14.7. The van der Waals surface area contributed by atoms with Crippen LogP contribution in [0, 0.1) is 0 Å². The Morgan fingerprint density at radius 1 is 1.30 bits per heavy atom. The van der Waals surface area contributed by atoms with Gasteiger partial charge in [-0.3, -0.25) is 0 Å². The standard InChI is InChI=1S/C15H19N3OS/c1-4-6-13-14(16-2)17-10-18-15(13)20-12-8-5-7-11(9-12)19-3/h5,7-10H,4,6H2,1-3H3,(H,16,17,18). The van der Waals surface area contributed by atoms with Gasteiger partial charge in [-0.25, -0.2) is 9.97 Å². The second kappa shape index (κ2) is 7.14. The molecule has 1 heterocycles. The Morgan fingerprint density at radius 2 is 2.15 bits per heavy atom. The van der Waals surface area contributed by atoms with Gasteiger partial charge in [0.05, 0.1) is 7.11 Å². The minimum Gasteiger partial charge on any atom is -0.497 e. The van der Waals surface area contributed by atoms with Crippen molar-refractivity contribution in [1.82, 2.24) is 9.97 Å². The van der Waals surface area contributed by atoms with Crippen molar-refractivity contribution < 1.29 is 4.74 Å². The van der Waals surface area contributed by atoms with E-state index in [4.69, 9.17) is 4.74 Å². The van der Waals surface area contributed by atoms with E-state index in [9.17, 15) is 0 Å². The van der Waals surface area contributed by atoms with E-state index in [1.54, 1.807) is 25.2 Å². The fraction of sp³-hybridized carbons (Fsp3) is 0.333. The molecule has 0 radical (unpaired) electrons. The lowest BCUT2D eigenvalue weighted by atomic mass is 10.2. The molecule has 0 aliphatic heterocycles. The van der Waals surface area contributed by atoms with Crippen LogP contribution in [0.5, 0.6) is 5.75 Å². The number of hydrogen-bond donors (Lipinski definition) is 1. The lowest BCUT2D eigenvalue weighted by Crippen LogP contribution is -2.02. The van der Waals surface area contributed by atoms with Gasteiger partial charge >= 0.3 is 0 Å². The molecule has 2 rings (SSSR count). The van der Waals surface area contributed by atoms with Crippen LogP contribution in [0.2, 0.25) is 0 Å². The predicted octanol–water partition coefficient (Wildman–Crippen LogP) is 3.63. The van der Waals surface area contributed by atoms with Gasteiger partial charge in [0.2, 0.25) is 0 Å². The first-order chi connectivity index (χ1) is 9.78. The minimum atomic E-state index is 0.856. The second-order valence-corrected chi connectivity index (χ2v) is 5.35. The summed E-state index contributed by atoms with van der Waals surface area (Å²) in [7, 11) is 3.57. The van der Waals surface area contributed by atoms with E-state index in [1.807, 2.05) is 25.2 Å². The Balaban J connectivity index is 2.32. The number of aromatic nitrogens is 2. The number of hydrogen-bond acceptors (Lipinski definition) is 5. The number of benzene rings is 1. The third-order valence-electron chi connectivity index (χ3n) is 2.90. The molecule has 2 aromatic rings. The number of anilines is 1. The molecule has 106 valence electrons. The summed E-state index contributed by atoms with van der Waals surface area (Å²) in [6.07, 6.45) is 3.63. The van der Waals surface area contributed by atoms with Crippen LogP contribution < -0.4 is 10.1 Å². The molecule has 1 N–H and O–H groups in total. The molecule has 0 fully saturated rings. The summed E-state index contributed by atoms with van der Waals surface area (Å²) in [5.41, 5.74) is 1.17. The van der Waals surface area contributed by atoms with Gasteiger partial charge in [0.1, 0.15) is 22.9 Å². The molecule has 0 aliphatic carbocycles. The van der Waals surface area contributed by atoms with E-state index in [2.05, 4.69) is 28.3 Å². The lowest BCUT2D eigenvalue weighted by Gasteiger charge is -2.11. The molecule has 0 saturated carbocycles. The molecular formula is C15H19N3OS. The summed E-state index contributed by atoms with van der Waals surface area (Å²) in [5.74, 6) is 1.77. The van der Waals surface area contributed by atoms with Gasteiger partial charge < -0.3 is 10.1 Å². The van der Waals surface area contributed by atoms with Crippen molar-refractivity contribution in [3.8, 4) is 5.75 Å². The number of rotatable bonds is 6. The number of methoxy groups -OCH3 is 1. The van der Waals surface area contributed by atoms with Crippen LogP contribution in [-0.2, 0) is 6.42 Å². The molecule has 0 spiro atoms. The summed E-state index contributed by atoms with van der Waals surface area (Å²) >= 11 is 1.64. The summed E-state index contributed by atoms with van der Waals surface area (Å²) in [6, 6.07) is 8.00. The average Bonchev–Trinajstić information content (AvgIpc) is 2.49. The van der Waals surface area contributed by atoms with Crippen LogP contribution in [0.1, 0.15) is 18.9 Å². The zero-order valence-electron chi connectivity index (χ0n) is 12.0. The minimum absolute atomic E-state index is 0.856. The molecule has 5 heteroatoms. The second-order valence-electron chi connectivity index (χ2n) is 4.29. The van der Waals surface area contributed by atoms with E-state index in [-0.39, 0.29) is 0 Å². The molecule has 0 saturated heterocycles. The molecule has 20 heavy (non-hydrogen) atoms. The average molecular weight is 289 g/mol. The van der Waals surface area contributed by atoms with E-state index in [0.717, 1.165) is 34.3 Å². The lowest BCUT2D eigenvalue weighted by molar-refractivity contribution is 0.413. The molecule has 0 amide bonds. The molecule has 0 atom stereocenters. The Kier molecular flexibility index (Phi) is 5.24. The maximum absolute atomic E-state index is 5.26. The fourth-order valence-corrected chi connectivity index (χ4v) is 2.92. The van der Waals surface area contributed by atoms with E-state index >= 15 is 0 Å². The van der Waals surface area contributed by atoms with Crippen molar-refractivity contribution in [3.05, 3.63) is 36.2 Å². The SMILES string of the molecule is CCCc1c(NC)ncnc1Sc1cccc(OC)c1. The van der Waals surface area contributed by atoms with Gasteiger partial charge in [-0.2, -0.15) is 0 Å². The molecular weight excluding hydrogens is 270 g/mol. The van der Waals surface area contributed by atoms with Crippen LogP contribution in [0.3, 0.4) is 0 Å². The number of nitrogens with one attached hydrogen (secondary N) is 1. The molecule has 0 bridgehead atoms. The molecule has 0 aliphatic rings. The highest BCUT2D eigenvalue weighted by atomic mass is 32.2. The molecule has 0 unspecified atom stereocenters.